The number of nitrogens with zero attached hydrogens (tertiary/aromatic N) is 1. The van der Waals surface area contributed by atoms with Crippen LogP contribution in [0, 0.1) is 5.41 Å². The van der Waals surface area contributed by atoms with E-state index in [0.717, 1.165) is 0 Å². The average molecular weight is 497 g/mol. The highest BCUT2D eigenvalue weighted by Gasteiger charge is 2.46. The number of piperazine rings is 1. The zero-order valence-corrected chi connectivity index (χ0v) is 19.6. The summed E-state index contributed by atoms with van der Waals surface area (Å²) in [6.07, 6.45) is 1.02. The molecule has 2 aromatic rings. The second-order valence-corrected chi connectivity index (χ2v) is 8.63. The van der Waals surface area contributed by atoms with Crippen molar-refractivity contribution in [1.82, 2.24) is 10.2 Å². The van der Waals surface area contributed by atoms with E-state index in [9.17, 15) is 19.5 Å². The zero-order chi connectivity index (χ0) is 25.7. The van der Waals surface area contributed by atoms with Crippen molar-refractivity contribution in [3.05, 3.63) is 53.6 Å². The van der Waals surface area contributed by atoms with Crippen molar-refractivity contribution in [1.29, 1.82) is 5.41 Å². The summed E-state index contributed by atoms with van der Waals surface area (Å²) < 4.78 is 16.7. The van der Waals surface area contributed by atoms with Crippen molar-refractivity contribution < 1.29 is 33.7 Å². The highest BCUT2D eigenvalue weighted by molar-refractivity contribution is 6.35. The van der Waals surface area contributed by atoms with Gasteiger partial charge in [0.15, 0.2) is 11.5 Å². The molecule has 190 valence electrons. The summed E-state index contributed by atoms with van der Waals surface area (Å²) in [5.41, 5.74) is 5.37. The Kier molecular flexibility index (Phi) is 7.28. The molecule has 36 heavy (non-hydrogen) atoms. The first-order valence-electron chi connectivity index (χ1n) is 11.6. The van der Waals surface area contributed by atoms with E-state index in [4.69, 9.17) is 25.4 Å². The number of ether oxygens (including phenoxy) is 3. The molecule has 0 aromatic heterocycles. The fourth-order valence-electron chi connectivity index (χ4n) is 4.59. The molecule has 2 aliphatic rings. The van der Waals surface area contributed by atoms with Crippen LogP contribution >= 0.6 is 0 Å². The van der Waals surface area contributed by atoms with Crippen LogP contribution in [0.4, 0.5) is 0 Å². The second-order valence-electron chi connectivity index (χ2n) is 8.63. The lowest BCUT2D eigenvalue weighted by atomic mass is 9.79. The number of nitrogen functional groups attached to an aromatic ring is 1. The largest absolute Gasteiger partial charge is 0.494 e. The second kappa shape index (κ2) is 10.5. The van der Waals surface area contributed by atoms with Gasteiger partial charge < -0.3 is 35.3 Å². The van der Waals surface area contributed by atoms with Gasteiger partial charge in [-0.15, -0.1) is 0 Å². The number of unbranched alkanes of at least 4 members (excludes halogenated alkanes) is 1. The standard InChI is InChI=1S/C25H28N4O7/c26-22(27)16-3-6-18(7-4-16)34-12-2-1-9-25(14-21(30)31,29-11-10-28-23(32)24(29)33)17-5-8-19-20(13-17)36-15-35-19/h3-8,13H,1-2,9-12,14-15H2,(H3,26,27)(H,28,32)(H,30,31). The smallest absolute Gasteiger partial charge is 0.312 e. The molecule has 0 aliphatic carbocycles. The first-order valence-corrected chi connectivity index (χ1v) is 11.6. The van der Waals surface area contributed by atoms with Gasteiger partial charge in [-0.05, 0) is 61.2 Å². The SMILES string of the molecule is N=C(N)c1ccc(OCCCCC(CC(=O)O)(c2ccc3c(c2)OCO3)N2CCNC(=O)C2=O)cc1. The molecule has 1 atom stereocenters. The maximum atomic E-state index is 12.9. The Balaban J connectivity index is 1.54. The molecule has 0 bridgehead atoms. The monoisotopic (exact) mass is 496 g/mol. The molecule has 1 fully saturated rings. The molecule has 0 radical (unpaired) electrons. The summed E-state index contributed by atoms with van der Waals surface area (Å²) in [5.74, 6) is -1.01. The number of amidine groups is 1. The molecule has 0 saturated carbocycles. The van der Waals surface area contributed by atoms with Crippen molar-refractivity contribution in [3.63, 3.8) is 0 Å². The van der Waals surface area contributed by atoms with E-state index in [-0.39, 0.29) is 32.1 Å². The van der Waals surface area contributed by atoms with Gasteiger partial charge >= 0.3 is 17.8 Å². The molecular weight excluding hydrogens is 468 g/mol. The quantitative estimate of drug-likeness (QED) is 0.158. The van der Waals surface area contributed by atoms with Gasteiger partial charge in [-0.3, -0.25) is 19.8 Å². The first-order chi connectivity index (χ1) is 17.3. The summed E-state index contributed by atoms with van der Waals surface area (Å²) in [7, 11) is 0. The number of carbonyl (C=O) groups excluding carboxylic acids is 2. The van der Waals surface area contributed by atoms with E-state index in [1.807, 2.05) is 0 Å². The van der Waals surface area contributed by atoms with E-state index in [2.05, 4.69) is 5.32 Å². The Hall–Kier alpha value is -4.28. The van der Waals surface area contributed by atoms with Crippen LogP contribution in [0.25, 0.3) is 0 Å². The summed E-state index contributed by atoms with van der Waals surface area (Å²) in [4.78, 5) is 38.6. The number of hydrogen-bond donors (Lipinski definition) is 4. The van der Waals surface area contributed by atoms with E-state index < -0.39 is 23.3 Å². The number of nitrogens with one attached hydrogen (secondary N) is 2. The van der Waals surface area contributed by atoms with Crippen molar-refractivity contribution in [2.45, 2.75) is 31.2 Å². The Bertz CT molecular complexity index is 1170. The van der Waals surface area contributed by atoms with Crippen LogP contribution in [0.3, 0.4) is 0 Å². The number of amides is 2. The van der Waals surface area contributed by atoms with Gasteiger partial charge in [0, 0.05) is 18.7 Å². The lowest BCUT2D eigenvalue weighted by molar-refractivity contribution is -0.157. The molecule has 2 heterocycles. The van der Waals surface area contributed by atoms with Gasteiger partial charge in [0.1, 0.15) is 11.6 Å². The number of nitrogens with two attached hydrogens (primary N) is 1. The minimum absolute atomic E-state index is 0.0271. The number of aliphatic carboxylic acids is 1. The van der Waals surface area contributed by atoms with Crippen molar-refractivity contribution in [2.24, 2.45) is 5.73 Å². The number of fused-ring (bicyclic) bond motifs is 1. The highest BCUT2D eigenvalue weighted by atomic mass is 16.7. The van der Waals surface area contributed by atoms with Crippen LogP contribution in [0.2, 0.25) is 0 Å². The van der Waals surface area contributed by atoms with Crippen molar-refractivity contribution >= 4 is 23.6 Å². The molecule has 4 rings (SSSR count). The Morgan fingerprint density at radius 2 is 1.89 bits per heavy atom. The van der Waals surface area contributed by atoms with Crippen LogP contribution < -0.4 is 25.3 Å². The zero-order valence-electron chi connectivity index (χ0n) is 19.6. The molecule has 0 spiro atoms. The van der Waals surface area contributed by atoms with E-state index >= 15 is 0 Å². The summed E-state index contributed by atoms with van der Waals surface area (Å²) in [6, 6.07) is 12.0. The van der Waals surface area contributed by atoms with Gasteiger partial charge in [0.05, 0.1) is 18.6 Å². The normalized spacial score (nSPS) is 16.3. The first kappa shape index (κ1) is 24.8. The number of hydrogen-bond acceptors (Lipinski definition) is 7. The maximum absolute atomic E-state index is 12.9. The summed E-state index contributed by atoms with van der Waals surface area (Å²) in [5, 5.41) is 19.8. The van der Waals surface area contributed by atoms with Gasteiger partial charge in [0.2, 0.25) is 6.79 Å². The van der Waals surface area contributed by atoms with Crippen LogP contribution in [0.15, 0.2) is 42.5 Å². The third-order valence-corrected chi connectivity index (χ3v) is 6.35. The fourth-order valence-corrected chi connectivity index (χ4v) is 4.59. The van der Waals surface area contributed by atoms with Gasteiger partial charge in [0.25, 0.3) is 0 Å². The summed E-state index contributed by atoms with van der Waals surface area (Å²) >= 11 is 0. The topological polar surface area (TPSA) is 164 Å². The molecule has 2 aliphatic heterocycles. The Morgan fingerprint density at radius 1 is 1.14 bits per heavy atom. The number of carboxylic acids is 1. The lowest BCUT2D eigenvalue weighted by Gasteiger charge is -2.45. The summed E-state index contributed by atoms with van der Waals surface area (Å²) in [6.45, 7) is 0.833. The van der Waals surface area contributed by atoms with E-state index in [1.54, 1.807) is 42.5 Å². The third kappa shape index (κ3) is 5.19. The maximum Gasteiger partial charge on any atom is 0.312 e. The van der Waals surface area contributed by atoms with E-state index in [1.165, 1.54) is 4.90 Å². The number of carbonyl (C=O) groups is 3. The van der Waals surface area contributed by atoms with Gasteiger partial charge in [-0.1, -0.05) is 6.07 Å². The highest BCUT2D eigenvalue weighted by Crippen LogP contribution is 2.43. The fraction of sp³-hybridized carbons (Fsp3) is 0.360. The van der Waals surface area contributed by atoms with Crippen LogP contribution in [0.1, 0.15) is 36.8 Å². The minimum Gasteiger partial charge on any atom is -0.494 e. The molecule has 2 aromatic carbocycles. The Morgan fingerprint density at radius 3 is 2.61 bits per heavy atom. The molecule has 11 heteroatoms. The molecule has 11 nitrogen and oxygen atoms in total. The van der Waals surface area contributed by atoms with Crippen LogP contribution in [-0.2, 0) is 19.9 Å². The third-order valence-electron chi connectivity index (χ3n) is 6.35. The van der Waals surface area contributed by atoms with Crippen LogP contribution in [0.5, 0.6) is 17.2 Å². The number of benzene rings is 2. The van der Waals surface area contributed by atoms with Crippen LogP contribution in [-0.4, -0.2) is 60.1 Å². The van der Waals surface area contributed by atoms with Gasteiger partial charge in [-0.2, -0.15) is 0 Å². The van der Waals surface area contributed by atoms with Crippen molar-refractivity contribution in [3.8, 4) is 17.2 Å². The number of rotatable bonds is 11. The minimum atomic E-state index is -1.26. The molecule has 1 saturated heterocycles. The lowest BCUT2D eigenvalue weighted by Crippen LogP contribution is -2.60. The molecule has 5 N–H and O–H groups in total. The van der Waals surface area contributed by atoms with Crippen molar-refractivity contribution in [2.75, 3.05) is 26.5 Å². The predicted molar refractivity (Wildman–Crippen MR) is 128 cm³/mol. The van der Waals surface area contributed by atoms with Gasteiger partial charge in [-0.25, -0.2) is 0 Å². The molecular formula is C25H28N4O7. The predicted octanol–water partition coefficient (Wildman–Crippen LogP) is 1.58. The average Bonchev–Trinajstić information content (AvgIpc) is 3.33. The molecule has 2 amide bonds. The molecule has 1 unspecified atom stereocenters. The number of carboxylic acid groups (broad SMARTS) is 1. The Labute approximate surface area is 207 Å². The van der Waals surface area contributed by atoms with E-state index in [0.29, 0.717) is 54.2 Å².